The van der Waals surface area contributed by atoms with Crippen LogP contribution in [0.4, 0.5) is 19.0 Å². The largest absolute Gasteiger partial charge is 0.508 e. The van der Waals surface area contributed by atoms with Crippen LogP contribution in [0.15, 0.2) is 24.4 Å². The molecule has 0 saturated carbocycles. The summed E-state index contributed by atoms with van der Waals surface area (Å²) >= 11 is 0. The van der Waals surface area contributed by atoms with Crippen LogP contribution in [0.5, 0.6) is 11.8 Å². The lowest BCUT2D eigenvalue weighted by atomic mass is 9.94. The quantitative estimate of drug-likeness (QED) is 0.325. The number of nitrogens with zero attached hydrogens (tertiary/aromatic N) is 5. The van der Waals surface area contributed by atoms with Crippen LogP contribution in [-0.4, -0.2) is 80.7 Å². The van der Waals surface area contributed by atoms with E-state index in [9.17, 15) is 14.6 Å². The number of pyridine rings is 1. The number of aliphatic hydroxyl groups excluding tert-OH is 1. The van der Waals surface area contributed by atoms with Crippen molar-refractivity contribution in [2.24, 2.45) is 0 Å². The van der Waals surface area contributed by atoms with Gasteiger partial charge < -0.3 is 19.8 Å². The van der Waals surface area contributed by atoms with Gasteiger partial charge in [0.15, 0.2) is 5.82 Å². The molecule has 5 heterocycles. The van der Waals surface area contributed by atoms with E-state index < -0.39 is 29.4 Å². The fourth-order valence-corrected chi connectivity index (χ4v) is 7.06. The molecule has 0 amide bonds. The number of alkyl halides is 1. The molecule has 222 valence electrons. The number of hydrogen-bond donors (Lipinski definition) is 2. The van der Waals surface area contributed by atoms with Gasteiger partial charge in [0, 0.05) is 43.2 Å². The molecule has 3 aliphatic heterocycles. The van der Waals surface area contributed by atoms with Crippen LogP contribution in [0.1, 0.15) is 36.8 Å². The lowest BCUT2D eigenvalue weighted by molar-refractivity contribution is 0.107. The number of aliphatic hydroxyl groups is 1. The summed E-state index contributed by atoms with van der Waals surface area (Å²) < 4.78 is 52.2. The summed E-state index contributed by atoms with van der Waals surface area (Å²) in [5.41, 5.74) is -0.390. The highest BCUT2D eigenvalue weighted by molar-refractivity contribution is 6.03. The standard InChI is InChI=1S/C32H30F3N5O3/c1-3-22-25-18(9-17(2)26(22)34)10-21(42)11-23(25)28-27(35)29-24(13-36-28)30(39-8-5-20(41)15-39)38-31(37-29)43-16-32-6-4-7-40(32)14-19(33)12-32/h1,9-11,13,19-20,41-42H,4-8,12,14-16H2,2H3/t19-,20-,32+/m1/s1. The first-order valence-corrected chi connectivity index (χ1v) is 14.4. The Balaban J connectivity index is 1.39. The number of ether oxygens (including phenoxy) is 1. The van der Waals surface area contributed by atoms with Crippen molar-refractivity contribution in [2.45, 2.75) is 50.4 Å². The first-order valence-electron chi connectivity index (χ1n) is 14.4. The average Bonchev–Trinajstić information content (AvgIpc) is 3.66. The Morgan fingerprint density at radius 1 is 1.16 bits per heavy atom. The van der Waals surface area contributed by atoms with Crippen molar-refractivity contribution in [1.29, 1.82) is 0 Å². The number of fused-ring (bicyclic) bond motifs is 3. The third-order valence-corrected chi connectivity index (χ3v) is 9.08. The van der Waals surface area contributed by atoms with Crippen molar-refractivity contribution in [3.63, 3.8) is 0 Å². The minimum atomic E-state index is -0.937. The van der Waals surface area contributed by atoms with Crippen molar-refractivity contribution >= 4 is 27.5 Å². The summed E-state index contributed by atoms with van der Waals surface area (Å²) in [5.74, 6) is 1.13. The zero-order valence-electron chi connectivity index (χ0n) is 23.6. The number of aromatic hydroxyl groups is 1. The molecule has 11 heteroatoms. The summed E-state index contributed by atoms with van der Waals surface area (Å²) in [5, 5.41) is 21.7. The molecule has 2 aromatic carbocycles. The van der Waals surface area contributed by atoms with Gasteiger partial charge in [-0.3, -0.25) is 9.88 Å². The second kappa shape index (κ2) is 10.2. The molecule has 3 saturated heterocycles. The Morgan fingerprint density at radius 3 is 2.77 bits per heavy atom. The Morgan fingerprint density at radius 2 is 2.00 bits per heavy atom. The second-order valence-electron chi connectivity index (χ2n) is 11.9. The molecule has 0 spiro atoms. The Kier molecular flexibility index (Phi) is 6.59. The molecule has 0 unspecified atom stereocenters. The maximum Gasteiger partial charge on any atom is 0.319 e. The van der Waals surface area contributed by atoms with Crippen LogP contribution < -0.4 is 9.64 Å². The molecule has 4 aromatic rings. The van der Waals surface area contributed by atoms with Gasteiger partial charge in [-0.1, -0.05) is 5.92 Å². The van der Waals surface area contributed by atoms with Crippen molar-refractivity contribution in [3.05, 3.63) is 47.2 Å². The first kappa shape index (κ1) is 27.7. The van der Waals surface area contributed by atoms with Crippen LogP contribution >= 0.6 is 0 Å². The van der Waals surface area contributed by atoms with Gasteiger partial charge in [-0.05, 0) is 61.9 Å². The molecular formula is C32H30F3N5O3. The monoisotopic (exact) mass is 589 g/mol. The predicted octanol–water partition coefficient (Wildman–Crippen LogP) is 4.64. The molecule has 0 bridgehead atoms. The number of benzene rings is 2. The smallest absolute Gasteiger partial charge is 0.319 e. The highest BCUT2D eigenvalue weighted by Crippen LogP contribution is 2.42. The molecule has 3 atom stereocenters. The molecule has 2 N–H and O–H groups in total. The van der Waals surface area contributed by atoms with Crippen LogP contribution in [0.3, 0.4) is 0 Å². The highest BCUT2D eigenvalue weighted by Gasteiger charge is 2.49. The maximum atomic E-state index is 16.6. The van der Waals surface area contributed by atoms with Gasteiger partial charge >= 0.3 is 6.01 Å². The van der Waals surface area contributed by atoms with Crippen molar-refractivity contribution in [1.82, 2.24) is 19.9 Å². The van der Waals surface area contributed by atoms with Crippen molar-refractivity contribution in [2.75, 3.05) is 37.7 Å². The topological polar surface area (TPSA) is 94.8 Å². The summed E-state index contributed by atoms with van der Waals surface area (Å²) in [4.78, 5) is 17.4. The van der Waals surface area contributed by atoms with E-state index in [4.69, 9.17) is 11.2 Å². The van der Waals surface area contributed by atoms with Crippen molar-refractivity contribution in [3.8, 4) is 35.4 Å². The number of rotatable bonds is 5. The predicted molar refractivity (Wildman–Crippen MR) is 156 cm³/mol. The number of anilines is 1. The van der Waals surface area contributed by atoms with Gasteiger partial charge in [0.2, 0.25) is 0 Å². The normalized spacial score (nSPS) is 23.8. The maximum absolute atomic E-state index is 16.6. The lowest BCUT2D eigenvalue weighted by Gasteiger charge is -2.31. The molecule has 3 aliphatic rings. The van der Waals surface area contributed by atoms with Gasteiger partial charge in [0.25, 0.3) is 0 Å². The number of phenols is 1. The van der Waals surface area contributed by atoms with Crippen LogP contribution in [0, 0.1) is 30.9 Å². The van der Waals surface area contributed by atoms with Gasteiger partial charge in [0.05, 0.1) is 22.6 Å². The highest BCUT2D eigenvalue weighted by atomic mass is 19.1. The van der Waals surface area contributed by atoms with Crippen LogP contribution in [0.2, 0.25) is 0 Å². The number of phenolic OH excluding ortho intramolecular Hbond substituents is 1. The Hall–Kier alpha value is -4.14. The second-order valence-corrected chi connectivity index (χ2v) is 11.9. The van der Waals surface area contributed by atoms with Gasteiger partial charge in [-0.15, -0.1) is 6.42 Å². The van der Waals surface area contributed by atoms with Crippen LogP contribution in [-0.2, 0) is 0 Å². The number of halogens is 3. The number of aromatic nitrogens is 3. The SMILES string of the molecule is C#Cc1c(F)c(C)cc2cc(O)cc(-c3ncc4c(N5CC[C@@H](O)C5)nc(OC[C@@]56CCCN5C[C@H](F)C6)nc4c3F)c12. The number of β-amino-alcohol motifs (C(OH)–C–C–N with tert-alkyl or cyclic N) is 1. The molecule has 3 fully saturated rings. The summed E-state index contributed by atoms with van der Waals surface area (Å²) in [6.07, 6.45) is 8.20. The lowest BCUT2D eigenvalue weighted by Crippen LogP contribution is -2.43. The summed E-state index contributed by atoms with van der Waals surface area (Å²) in [6, 6.07) is 4.20. The first-order chi connectivity index (χ1) is 20.7. The molecule has 8 nitrogen and oxygen atoms in total. The van der Waals surface area contributed by atoms with Gasteiger partial charge in [0.1, 0.15) is 41.4 Å². The van der Waals surface area contributed by atoms with E-state index in [-0.39, 0.29) is 58.2 Å². The van der Waals surface area contributed by atoms with Crippen LogP contribution in [0.25, 0.3) is 32.9 Å². The number of hydrogen-bond acceptors (Lipinski definition) is 8. The van der Waals surface area contributed by atoms with Crippen molar-refractivity contribution < 1.29 is 28.1 Å². The number of aryl methyl sites for hydroxylation is 1. The molecular weight excluding hydrogens is 559 g/mol. The minimum Gasteiger partial charge on any atom is -0.508 e. The zero-order valence-corrected chi connectivity index (χ0v) is 23.6. The fraction of sp³-hybridized carbons (Fsp3) is 0.406. The Bertz CT molecular complexity index is 1830. The zero-order chi connectivity index (χ0) is 30.0. The fourth-order valence-electron chi connectivity index (χ4n) is 7.06. The van der Waals surface area contributed by atoms with Gasteiger partial charge in [-0.25, -0.2) is 13.2 Å². The van der Waals surface area contributed by atoms with E-state index in [0.717, 1.165) is 19.4 Å². The third-order valence-electron chi connectivity index (χ3n) is 9.08. The van der Waals surface area contributed by atoms with E-state index in [1.165, 1.54) is 24.4 Å². The third kappa shape index (κ3) is 4.51. The number of terminal acetylenes is 1. The Labute approximate surface area is 246 Å². The van der Waals surface area contributed by atoms with E-state index in [1.807, 2.05) is 4.90 Å². The van der Waals surface area contributed by atoms with E-state index >= 15 is 8.78 Å². The molecule has 0 radical (unpaired) electrons. The summed E-state index contributed by atoms with van der Waals surface area (Å²) in [7, 11) is 0. The molecule has 7 rings (SSSR count). The van der Waals surface area contributed by atoms with Gasteiger partial charge in [-0.2, -0.15) is 9.97 Å². The van der Waals surface area contributed by atoms with E-state index in [0.29, 0.717) is 42.5 Å². The average molecular weight is 590 g/mol. The molecule has 43 heavy (non-hydrogen) atoms. The minimum absolute atomic E-state index is 0.0622. The van der Waals surface area contributed by atoms with E-state index in [1.54, 1.807) is 6.92 Å². The molecule has 0 aliphatic carbocycles. The van der Waals surface area contributed by atoms with E-state index in [2.05, 4.69) is 25.8 Å². The molecule has 2 aromatic heterocycles. The summed E-state index contributed by atoms with van der Waals surface area (Å²) in [6.45, 7) is 3.64.